The molecule has 2 heterocycles. The van der Waals surface area contributed by atoms with Crippen molar-refractivity contribution in [3.05, 3.63) is 59.1 Å². The Balaban J connectivity index is 1.30. The zero-order valence-corrected chi connectivity index (χ0v) is 19.3. The zero-order valence-electron chi connectivity index (χ0n) is 17.7. The quantitative estimate of drug-likeness (QED) is 0.254. The van der Waals surface area contributed by atoms with Crippen molar-refractivity contribution in [2.24, 2.45) is 4.99 Å². The predicted octanol–water partition coefficient (Wildman–Crippen LogP) is 5.16. The molecule has 0 fully saturated rings. The van der Waals surface area contributed by atoms with Crippen LogP contribution in [0.3, 0.4) is 0 Å². The highest BCUT2D eigenvalue weighted by molar-refractivity contribution is 7.98. The van der Waals surface area contributed by atoms with Gasteiger partial charge in [-0.1, -0.05) is 30.0 Å². The number of aliphatic imine (C=N–C) groups is 1. The Morgan fingerprint density at radius 2 is 1.84 bits per heavy atom. The van der Waals surface area contributed by atoms with E-state index in [0.29, 0.717) is 21.9 Å². The van der Waals surface area contributed by atoms with Crippen LogP contribution in [0, 0.1) is 0 Å². The van der Waals surface area contributed by atoms with E-state index in [1.165, 1.54) is 23.1 Å². The molecule has 0 saturated carbocycles. The van der Waals surface area contributed by atoms with E-state index in [0.717, 1.165) is 40.7 Å². The summed E-state index contributed by atoms with van der Waals surface area (Å²) in [6, 6.07) is 15.5. The Labute approximate surface area is 194 Å². The fourth-order valence-electron chi connectivity index (χ4n) is 2.67. The van der Waals surface area contributed by atoms with Crippen LogP contribution in [0.1, 0.15) is 23.9 Å². The van der Waals surface area contributed by atoms with E-state index in [2.05, 4.69) is 37.3 Å². The molecule has 0 spiro atoms. The van der Waals surface area contributed by atoms with Gasteiger partial charge in [0.25, 0.3) is 0 Å². The average Bonchev–Trinajstić information content (AvgIpc) is 3.50. The number of aromatic amines is 1. The van der Waals surface area contributed by atoms with Crippen molar-refractivity contribution in [3.8, 4) is 22.9 Å². The maximum absolute atomic E-state index is 5.59. The number of hydrogen-bond donors (Lipinski definition) is 1. The second-order valence-corrected chi connectivity index (χ2v) is 8.62. The van der Waals surface area contributed by atoms with Crippen LogP contribution in [0.25, 0.3) is 11.4 Å². The molecule has 2 aromatic heterocycles. The summed E-state index contributed by atoms with van der Waals surface area (Å²) < 4.78 is 10.8. The van der Waals surface area contributed by atoms with Crippen molar-refractivity contribution in [3.63, 3.8) is 0 Å². The Morgan fingerprint density at radius 1 is 1.06 bits per heavy atom. The molecule has 0 unspecified atom stereocenters. The van der Waals surface area contributed by atoms with Gasteiger partial charge in [-0.3, -0.25) is 5.10 Å². The largest absolute Gasteiger partial charge is 0.497 e. The Hall–Kier alpha value is -3.24. The van der Waals surface area contributed by atoms with Gasteiger partial charge in [0.05, 0.1) is 19.5 Å². The fraction of sp³-hybridized carbons (Fsp3) is 0.227. The summed E-state index contributed by atoms with van der Waals surface area (Å²) in [6.45, 7) is 2.80. The third kappa shape index (κ3) is 5.92. The van der Waals surface area contributed by atoms with E-state index >= 15 is 0 Å². The number of hydrogen-bond acceptors (Lipinski definition) is 9. The average molecular weight is 467 g/mol. The first-order chi connectivity index (χ1) is 15.7. The molecule has 4 rings (SSSR count). The number of methoxy groups -OCH3 is 1. The van der Waals surface area contributed by atoms with Gasteiger partial charge in [0.1, 0.15) is 16.5 Å². The summed E-state index contributed by atoms with van der Waals surface area (Å²) in [5, 5.41) is 17.7. The molecule has 0 atom stereocenters. The van der Waals surface area contributed by atoms with Crippen molar-refractivity contribution in [2.45, 2.75) is 24.3 Å². The van der Waals surface area contributed by atoms with Gasteiger partial charge in [-0.25, -0.2) is 9.98 Å². The lowest BCUT2D eigenvalue weighted by Crippen LogP contribution is -1.94. The van der Waals surface area contributed by atoms with E-state index in [9.17, 15) is 0 Å². The minimum atomic E-state index is 0.612. The van der Waals surface area contributed by atoms with Gasteiger partial charge in [0.2, 0.25) is 10.3 Å². The van der Waals surface area contributed by atoms with E-state index in [-0.39, 0.29) is 0 Å². The molecule has 1 N–H and O–H groups in total. The summed E-state index contributed by atoms with van der Waals surface area (Å²) in [5.41, 5.74) is 1.93. The van der Waals surface area contributed by atoms with Crippen LogP contribution in [-0.2, 0) is 5.75 Å². The summed E-state index contributed by atoms with van der Waals surface area (Å²) in [5.74, 6) is 3.00. The number of nitrogens with zero attached hydrogens (tertiary/aromatic N) is 5. The minimum absolute atomic E-state index is 0.612. The number of H-pyrrole nitrogens is 1. The Bertz CT molecular complexity index is 1160. The minimum Gasteiger partial charge on any atom is -0.497 e. The smallest absolute Gasteiger partial charge is 0.231 e. The lowest BCUT2D eigenvalue weighted by atomic mass is 10.2. The molecule has 10 heteroatoms. The number of aromatic nitrogens is 5. The van der Waals surface area contributed by atoms with Crippen LogP contribution in [0.15, 0.2) is 58.7 Å². The van der Waals surface area contributed by atoms with Crippen LogP contribution < -0.4 is 9.47 Å². The molecule has 4 aromatic rings. The third-order valence-electron chi connectivity index (χ3n) is 4.29. The molecule has 0 bridgehead atoms. The predicted molar refractivity (Wildman–Crippen MR) is 127 cm³/mol. The summed E-state index contributed by atoms with van der Waals surface area (Å²) >= 11 is 2.94. The second kappa shape index (κ2) is 10.9. The van der Waals surface area contributed by atoms with Gasteiger partial charge in [0.15, 0.2) is 5.82 Å². The normalized spacial score (nSPS) is 11.2. The number of benzene rings is 2. The molecule has 0 aliphatic carbocycles. The van der Waals surface area contributed by atoms with Gasteiger partial charge in [0, 0.05) is 11.8 Å². The highest BCUT2D eigenvalue weighted by atomic mass is 32.2. The molecular weight excluding hydrogens is 444 g/mol. The van der Waals surface area contributed by atoms with Crippen molar-refractivity contribution < 1.29 is 9.47 Å². The fourth-order valence-corrected chi connectivity index (χ4v) is 4.14. The summed E-state index contributed by atoms with van der Waals surface area (Å²) in [4.78, 5) is 8.96. The van der Waals surface area contributed by atoms with E-state index in [1.807, 2.05) is 48.5 Å². The molecule has 2 aromatic carbocycles. The maximum atomic E-state index is 5.59. The first kappa shape index (κ1) is 22.0. The van der Waals surface area contributed by atoms with Crippen LogP contribution in [0.4, 0.5) is 5.13 Å². The maximum Gasteiger partial charge on any atom is 0.231 e. The molecule has 0 aliphatic heterocycles. The molecular formula is C22H22N6O2S2. The third-order valence-corrected chi connectivity index (χ3v) is 6.16. The Morgan fingerprint density at radius 3 is 2.59 bits per heavy atom. The lowest BCUT2D eigenvalue weighted by Gasteiger charge is -2.03. The highest BCUT2D eigenvalue weighted by Gasteiger charge is 2.09. The first-order valence-corrected chi connectivity index (χ1v) is 11.8. The van der Waals surface area contributed by atoms with Gasteiger partial charge in [-0.05, 0) is 60.5 Å². The van der Waals surface area contributed by atoms with Gasteiger partial charge in [-0.15, -0.1) is 15.3 Å². The number of rotatable bonds is 10. The standard InChI is InChI=1S/C22H22N6O2S2/c1-3-12-30-18-8-4-15(5-9-18)13-23-21-27-25-19(32-21)14-31-22-24-20(26-28-22)16-6-10-17(29-2)11-7-16/h4-11,13H,3,12,14H2,1-2H3,(H,24,26,28)/b23-13+. The first-order valence-electron chi connectivity index (χ1n) is 10.0. The second-order valence-electron chi connectivity index (χ2n) is 6.64. The Kier molecular flexibility index (Phi) is 7.47. The molecule has 0 amide bonds. The lowest BCUT2D eigenvalue weighted by molar-refractivity contribution is 0.317. The summed E-state index contributed by atoms with van der Waals surface area (Å²) in [6.07, 6.45) is 2.76. The summed E-state index contributed by atoms with van der Waals surface area (Å²) in [7, 11) is 1.64. The highest BCUT2D eigenvalue weighted by Crippen LogP contribution is 2.27. The van der Waals surface area contributed by atoms with Crippen LogP contribution in [0.5, 0.6) is 11.5 Å². The van der Waals surface area contributed by atoms with Gasteiger partial charge < -0.3 is 9.47 Å². The molecule has 164 valence electrons. The van der Waals surface area contributed by atoms with Gasteiger partial charge in [-0.2, -0.15) is 0 Å². The number of nitrogens with one attached hydrogen (secondary N) is 1. The van der Waals surface area contributed by atoms with E-state index in [1.54, 1.807) is 13.3 Å². The monoisotopic (exact) mass is 466 g/mol. The van der Waals surface area contributed by atoms with Crippen LogP contribution in [-0.4, -0.2) is 45.3 Å². The number of ether oxygens (including phenoxy) is 2. The van der Waals surface area contributed by atoms with Crippen molar-refractivity contribution in [1.29, 1.82) is 0 Å². The SMILES string of the molecule is CCCOc1ccc(/C=N/c2nnc(CSc3n[nH]c(-c4ccc(OC)cc4)n3)s2)cc1. The van der Waals surface area contributed by atoms with Crippen LogP contribution >= 0.6 is 23.1 Å². The topological polar surface area (TPSA) is 98.2 Å². The van der Waals surface area contributed by atoms with Crippen molar-refractivity contribution in [2.75, 3.05) is 13.7 Å². The van der Waals surface area contributed by atoms with Crippen molar-refractivity contribution in [1.82, 2.24) is 25.4 Å². The molecule has 32 heavy (non-hydrogen) atoms. The molecule has 8 nitrogen and oxygen atoms in total. The van der Waals surface area contributed by atoms with E-state index < -0.39 is 0 Å². The number of thioether (sulfide) groups is 1. The zero-order chi connectivity index (χ0) is 22.2. The molecule has 0 saturated heterocycles. The molecule has 0 radical (unpaired) electrons. The van der Waals surface area contributed by atoms with Crippen LogP contribution in [0.2, 0.25) is 0 Å². The van der Waals surface area contributed by atoms with Crippen molar-refractivity contribution >= 4 is 34.4 Å². The van der Waals surface area contributed by atoms with Gasteiger partial charge >= 0.3 is 0 Å². The van der Waals surface area contributed by atoms with E-state index in [4.69, 9.17) is 9.47 Å². The molecule has 0 aliphatic rings.